The van der Waals surface area contributed by atoms with Crippen LogP contribution in [0.1, 0.15) is 11.3 Å². The Balaban J connectivity index is 2.27. The lowest BCUT2D eigenvalue weighted by Gasteiger charge is -2.04. The van der Waals surface area contributed by atoms with E-state index in [2.05, 4.69) is 4.98 Å². The van der Waals surface area contributed by atoms with E-state index in [4.69, 9.17) is 15.3 Å². The highest BCUT2D eigenvalue weighted by Crippen LogP contribution is 2.21. The monoisotopic (exact) mass is 239 g/mol. The standard InChI is InChI=1S/C13H6FN3O/c14-12-6-11(5-4-9(12)7-15)18-13-3-1-2-10(8-16)17-13/h1-6H. The molecule has 0 aliphatic rings. The van der Waals surface area contributed by atoms with Gasteiger partial charge in [-0.05, 0) is 18.2 Å². The molecule has 1 aromatic heterocycles. The summed E-state index contributed by atoms with van der Waals surface area (Å²) in [5, 5.41) is 17.3. The second kappa shape index (κ2) is 4.94. The topological polar surface area (TPSA) is 69.7 Å². The van der Waals surface area contributed by atoms with Crippen LogP contribution in [0.15, 0.2) is 36.4 Å². The van der Waals surface area contributed by atoms with Crippen LogP contribution in [0.5, 0.6) is 11.6 Å². The highest BCUT2D eigenvalue weighted by Gasteiger charge is 2.05. The molecule has 18 heavy (non-hydrogen) atoms. The van der Waals surface area contributed by atoms with Crippen LogP contribution in [-0.4, -0.2) is 4.98 Å². The van der Waals surface area contributed by atoms with Crippen molar-refractivity contribution in [2.24, 2.45) is 0 Å². The van der Waals surface area contributed by atoms with E-state index in [9.17, 15) is 4.39 Å². The van der Waals surface area contributed by atoms with Crippen LogP contribution in [0.3, 0.4) is 0 Å². The summed E-state index contributed by atoms with van der Waals surface area (Å²) in [6, 6.07) is 12.2. The average Bonchev–Trinajstić information content (AvgIpc) is 2.39. The van der Waals surface area contributed by atoms with Crippen LogP contribution >= 0.6 is 0 Å². The number of nitrogens with zero attached hydrogens (tertiary/aromatic N) is 3. The molecule has 5 heteroatoms. The minimum absolute atomic E-state index is 0.0546. The third kappa shape index (κ3) is 2.42. The smallest absolute Gasteiger partial charge is 0.220 e. The second-order valence-corrected chi connectivity index (χ2v) is 3.33. The van der Waals surface area contributed by atoms with Gasteiger partial charge < -0.3 is 4.74 Å². The quantitative estimate of drug-likeness (QED) is 0.807. The maximum Gasteiger partial charge on any atom is 0.220 e. The number of aromatic nitrogens is 1. The Bertz CT molecular complexity index is 671. The van der Waals surface area contributed by atoms with Crippen LogP contribution in [0, 0.1) is 28.5 Å². The molecule has 0 bridgehead atoms. The highest BCUT2D eigenvalue weighted by atomic mass is 19.1. The van der Waals surface area contributed by atoms with Gasteiger partial charge in [0.1, 0.15) is 29.4 Å². The Morgan fingerprint density at radius 2 is 1.94 bits per heavy atom. The normalized spacial score (nSPS) is 9.28. The molecule has 0 aliphatic carbocycles. The van der Waals surface area contributed by atoms with Gasteiger partial charge in [0.05, 0.1) is 5.56 Å². The minimum atomic E-state index is -0.661. The average molecular weight is 239 g/mol. The van der Waals surface area contributed by atoms with Gasteiger partial charge in [-0.25, -0.2) is 9.37 Å². The van der Waals surface area contributed by atoms with E-state index >= 15 is 0 Å². The van der Waals surface area contributed by atoms with E-state index in [-0.39, 0.29) is 22.9 Å². The minimum Gasteiger partial charge on any atom is -0.439 e. The lowest BCUT2D eigenvalue weighted by atomic mass is 10.2. The largest absolute Gasteiger partial charge is 0.439 e. The van der Waals surface area contributed by atoms with E-state index in [1.54, 1.807) is 18.2 Å². The molecule has 0 saturated carbocycles. The molecule has 0 fully saturated rings. The summed E-state index contributed by atoms with van der Waals surface area (Å²) in [5.41, 5.74) is 0.155. The van der Waals surface area contributed by atoms with Crippen LogP contribution in [0.25, 0.3) is 0 Å². The molecule has 2 rings (SSSR count). The number of hydrogen-bond acceptors (Lipinski definition) is 4. The van der Waals surface area contributed by atoms with Crippen LogP contribution in [-0.2, 0) is 0 Å². The number of benzene rings is 1. The molecule has 86 valence electrons. The first-order chi connectivity index (χ1) is 8.72. The summed E-state index contributed by atoms with van der Waals surface area (Å²) in [6.07, 6.45) is 0. The van der Waals surface area contributed by atoms with E-state index < -0.39 is 5.82 Å². The van der Waals surface area contributed by atoms with Crippen molar-refractivity contribution in [3.63, 3.8) is 0 Å². The highest BCUT2D eigenvalue weighted by molar-refractivity contribution is 5.38. The Labute approximate surface area is 103 Å². The van der Waals surface area contributed by atoms with Crippen molar-refractivity contribution in [3.8, 4) is 23.8 Å². The Morgan fingerprint density at radius 3 is 2.61 bits per heavy atom. The van der Waals surface area contributed by atoms with E-state index in [0.29, 0.717) is 0 Å². The number of nitriles is 2. The van der Waals surface area contributed by atoms with Gasteiger partial charge in [-0.2, -0.15) is 10.5 Å². The Kier molecular flexibility index (Phi) is 3.17. The predicted molar refractivity (Wildman–Crippen MR) is 60.1 cm³/mol. The van der Waals surface area contributed by atoms with Crippen molar-refractivity contribution in [3.05, 3.63) is 53.5 Å². The molecule has 0 spiro atoms. The zero-order valence-corrected chi connectivity index (χ0v) is 9.09. The van der Waals surface area contributed by atoms with Gasteiger partial charge in [-0.15, -0.1) is 0 Å². The Morgan fingerprint density at radius 1 is 1.11 bits per heavy atom. The summed E-state index contributed by atoms with van der Waals surface area (Å²) in [4.78, 5) is 3.89. The number of ether oxygens (including phenoxy) is 1. The molecule has 0 saturated heterocycles. The van der Waals surface area contributed by atoms with Crippen molar-refractivity contribution in [2.45, 2.75) is 0 Å². The zero-order valence-electron chi connectivity index (χ0n) is 9.09. The molecule has 4 nitrogen and oxygen atoms in total. The van der Waals surface area contributed by atoms with Gasteiger partial charge in [0.25, 0.3) is 0 Å². The van der Waals surface area contributed by atoms with Gasteiger partial charge in [0.15, 0.2) is 0 Å². The van der Waals surface area contributed by atoms with Crippen molar-refractivity contribution >= 4 is 0 Å². The summed E-state index contributed by atoms with van der Waals surface area (Å²) in [7, 11) is 0. The van der Waals surface area contributed by atoms with Gasteiger partial charge >= 0.3 is 0 Å². The first-order valence-electron chi connectivity index (χ1n) is 4.97. The molecule has 0 N–H and O–H groups in total. The molecule has 1 aromatic carbocycles. The number of hydrogen-bond donors (Lipinski definition) is 0. The van der Waals surface area contributed by atoms with E-state index in [1.165, 1.54) is 18.2 Å². The lowest BCUT2D eigenvalue weighted by molar-refractivity contribution is 0.457. The molecule has 0 aliphatic heterocycles. The SMILES string of the molecule is N#Cc1cccc(Oc2ccc(C#N)c(F)c2)n1. The van der Waals surface area contributed by atoms with Gasteiger partial charge in [0.2, 0.25) is 5.88 Å². The molecule has 0 amide bonds. The van der Waals surface area contributed by atoms with Gasteiger partial charge in [-0.3, -0.25) is 0 Å². The summed E-state index contributed by atoms with van der Waals surface area (Å²) in [5.74, 6) is -0.251. The molecule has 0 radical (unpaired) electrons. The number of halogens is 1. The maximum atomic E-state index is 13.3. The summed E-state index contributed by atoms with van der Waals surface area (Å²) in [6.45, 7) is 0. The fourth-order valence-corrected chi connectivity index (χ4v) is 1.30. The zero-order chi connectivity index (χ0) is 13.0. The van der Waals surface area contributed by atoms with Crippen LogP contribution in [0.2, 0.25) is 0 Å². The van der Waals surface area contributed by atoms with E-state index in [1.807, 2.05) is 6.07 Å². The van der Waals surface area contributed by atoms with Crippen molar-refractivity contribution in [1.29, 1.82) is 10.5 Å². The van der Waals surface area contributed by atoms with Crippen LogP contribution in [0.4, 0.5) is 4.39 Å². The molecule has 2 aromatic rings. The fourth-order valence-electron chi connectivity index (χ4n) is 1.30. The van der Waals surface area contributed by atoms with E-state index in [0.717, 1.165) is 6.07 Å². The summed E-state index contributed by atoms with van der Waals surface area (Å²) < 4.78 is 18.6. The third-order valence-electron chi connectivity index (χ3n) is 2.12. The number of rotatable bonds is 2. The van der Waals surface area contributed by atoms with Crippen molar-refractivity contribution < 1.29 is 9.13 Å². The van der Waals surface area contributed by atoms with Crippen molar-refractivity contribution in [2.75, 3.05) is 0 Å². The van der Waals surface area contributed by atoms with Gasteiger partial charge in [0, 0.05) is 12.1 Å². The van der Waals surface area contributed by atoms with Gasteiger partial charge in [-0.1, -0.05) is 6.07 Å². The first kappa shape index (κ1) is 11.6. The summed E-state index contributed by atoms with van der Waals surface area (Å²) >= 11 is 0. The second-order valence-electron chi connectivity index (χ2n) is 3.33. The molecule has 1 heterocycles. The third-order valence-corrected chi connectivity index (χ3v) is 2.12. The molecular weight excluding hydrogens is 233 g/mol. The predicted octanol–water partition coefficient (Wildman–Crippen LogP) is 2.76. The molecular formula is C13H6FN3O. The first-order valence-corrected chi connectivity index (χ1v) is 4.97. The number of pyridine rings is 1. The lowest BCUT2D eigenvalue weighted by Crippen LogP contribution is -1.91. The van der Waals surface area contributed by atoms with Crippen LogP contribution < -0.4 is 4.74 Å². The maximum absolute atomic E-state index is 13.3. The molecule has 0 atom stereocenters. The fraction of sp³-hybridized carbons (Fsp3) is 0. The van der Waals surface area contributed by atoms with Crippen molar-refractivity contribution in [1.82, 2.24) is 4.98 Å². The Hall–Kier alpha value is -2.92. The molecule has 0 unspecified atom stereocenters.